The van der Waals surface area contributed by atoms with Gasteiger partial charge in [-0.05, 0) is 44.2 Å². The van der Waals surface area contributed by atoms with Crippen LogP contribution in [0.5, 0.6) is 5.75 Å². The third-order valence-electron chi connectivity index (χ3n) is 6.21. The molecular formula is C21H28ClN3O2. The van der Waals surface area contributed by atoms with Crippen molar-refractivity contribution in [2.24, 2.45) is 0 Å². The molecule has 4 heterocycles. The maximum atomic E-state index is 13.1. The molecule has 27 heavy (non-hydrogen) atoms. The van der Waals surface area contributed by atoms with Gasteiger partial charge in [-0.15, -0.1) is 0 Å². The average molecular weight is 390 g/mol. The summed E-state index contributed by atoms with van der Waals surface area (Å²) in [4.78, 5) is 15.7. The number of Topliss-reactive ketones (excluding diaryl/α,β-unsaturated/α-hetero) is 1. The topological polar surface area (TPSA) is 34.5 Å². The SMILES string of the molecule is COc1ccc(-n2c(C)cc(C(=O)C[N+]34CCN(CC3)CC4)c2C)cc1.[Cl-]. The molecule has 0 unspecified atom stereocenters. The minimum absolute atomic E-state index is 0. The molecule has 3 saturated heterocycles. The predicted octanol–water partition coefficient (Wildman–Crippen LogP) is -0.565. The summed E-state index contributed by atoms with van der Waals surface area (Å²) in [6.07, 6.45) is 0. The van der Waals surface area contributed by atoms with Gasteiger partial charge >= 0.3 is 0 Å². The van der Waals surface area contributed by atoms with Gasteiger partial charge in [0.15, 0.2) is 0 Å². The van der Waals surface area contributed by atoms with Crippen molar-refractivity contribution in [2.45, 2.75) is 13.8 Å². The number of carbonyl (C=O) groups is 1. The van der Waals surface area contributed by atoms with Crippen molar-refractivity contribution in [2.75, 3.05) is 52.9 Å². The average Bonchev–Trinajstić information content (AvgIpc) is 2.97. The van der Waals surface area contributed by atoms with Crippen LogP contribution in [0.4, 0.5) is 0 Å². The van der Waals surface area contributed by atoms with Gasteiger partial charge < -0.3 is 26.2 Å². The van der Waals surface area contributed by atoms with E-state index in [2.05, 4.69) is 29.4 Å². The molecule has 0 radical (unpaired) electrons. The fraction of sp³-hybridized carbons (Fsp3) is 0.476. The van der Waals surface area contributed by atoms with Crippen LogP contribution in [0.1, 0.15) is 21.7 Å². The van der Waals surface area contributed by atoms with Crippen LogP contribution in [0.15, 0.2) is 30.3 Å². The lowest BCUT2D eigenvalue weighted by Gasteiger charge is -2.50. The first-order valence-electron chi connectivity index (χ1n) is 9.45. The van der Waals surface area contributed by atoms with Crippen LogP contribution in [-0.4, -0.2) is 72.7 Å². The van der Waals surface area contributed by atoms with Gasteiger partial charge in [0, 0.05) is 42.3 Å². The molecule has 6 heteroatoms. The van der Waals surface area contributed by atoms with Crippen molar-refractivity contribution in [3.63, 3.8) is 0 Å². The van der Waals surface area contributed by atoms with E-state index in [9.17, 15) is 4.79 Å². The number of quaternary nitrogens is 1. The molecule has 3 aliphatic rings. The van der Waals surface area contributed by atoms with Gasteiger partial charge in [-0.3, -0.25) is 9.69 Å². The van der Waals surface area contributed by atoms with Gasteiger partial charge in [-0.1, -0.05) is 0 Å². The van der Waals surface area contributed by atoms with E-state index in [1.54, 1.807) is 7.11 Å². The van der Waals surface area contributed by atoms with Crippen LogP contribution in [0, 0.1) is 13.8 Å². The molecule has 0 amide bonds. The van der Waals surface area contributed by atoms with E-state index in [1.807, 2.05) is 24.3 Å². The predicted molar refractivity (Wildman–Crippen MR) is 102 cm³/mol. The fourth-order valence-corrected chi connectivity index (χ4v) is 4.53. The zero-order valence-corrected chi connectivity index (χ0v) is 17.1. The quantitative estimate of drug-likeness (QED) is 0.507. The van der Waals surface area contributed by atoms with Gasteiger partial charge in [0.2, 0.25) is 5.78 Å². The number of aromatic nitrogens is 1. The summed E-state index contributed by atoms with van der Waals surface area (Å²) in [6.45, 7) is 11.5. The van der Waals surface area contributed by atoms with Crippen LogP contribution >= 0.6 is 0 Å². The zero-order valence-electron chi connectivity index (χ0n) is 16.4. The molecule has 0 aliphatic carbocycles. The molecule has 0 saturated carbocycles. The third kappa shape index (κ3) is 3.64. The van der Waals surface area contributed by atoms with Crippen molar-refractivity contribution in [3.8, 4) is 11.4 Å². The van der Waals surface area contributed by atoms with Crippen LogP contribution in [0.25, 0.3) is 5.69 Å². The van der Waals surface area contributed by atoms with Crippen molar-refractivity contribution >= 4 is 5.78 Å². The second-order valence-corrected chi connectivity index (χ2v) is 7.75. The van der Waals surface area contributed by atoms with E-state index in [0.29, 0.717) is 6.54 Å². The smallest absolute Gasteiger partial charge is 0.218 e. The van der Waals surface area contributed by atoms with Crippen molar-refractivity contribution in [3.05, 3.63) is 47.3 Å². The van der Waals surface area contributed by atoms with Gasteiger partial charge in [0.1, 0.15) is 12.3 Å². The number of hydrogen-bond donors (Lipinski definition) is 0. The number of benzene rings is 1. The standard InChI is InChI=1S/C21H28N3O2.ClH/c1-16-14-20(17(2)23(16)18-4-6-19(26-3)7-5-18)21(25)15-24-11-8-22(9-12-24)10-13-24;/h4-7,14H,8-13,15H2,1-3H3;1H/q+1;/p-1. The zero-order chi connectivity index (χ0) is 18.3. The van der Waals surface area contributed by atoms with Crippen molar-refractivity contribution in [1.82, 2.24) is 9.47 Å². The Bertz CT molecular complexity index is 807. The highest BCUT2D eigenvalue weighted by Crippen LogP contribution is 2.25. The number of ketones is 1. The Kier molecular flexibility index (Phi) is 5.65. The number of aryl methyl sites for hydroxylation is 1. The minimum atomic E-state index is 0. The third-order valence-corrected chi connectivity index (χ3v) is 6.21. The van der Waals surface area contributed by atoms with Gasteiger partial charge in [0.25, 0.3) is 0 Å². The highest BCUT2D eigenvalue weighted by molar-refractivity contribution is 5.98. The minimum Gasteiger partial charge on any atom is -1.00 e. The number of hydrogen-bond acceptors (Lipinski definition) is 3. The maximum absolute atomic E-state index is 13.1. The number of nitrogens with zero attached hydrogens (tertiary/aromatic N) is 3. The normalized spacial score (nSPS) is 23.7. The van der Waals surface area contributed by atoms with Crippen LogP contribution < -0.4 is 17.1 Å². The second kappa shape index (κ2) is 7.66. The Hall–Kier alpha value is -1.82. The Morgan fingerprint density at radius 3 is 2.22 bits per heavy atom. The second-order valence-electron chi connectivity index (χ2n) is 7.75. The Morgan fingerprint density at radius 2 is 1.67 bits per heavy atom. The molecule has 5 rings (SSSR count). The molecule has 3 aliphatic heterocycles. The Labute approximate surface area is 167 Å². The summed E-state index contributed by atoms with van der Waals surface area (Å²) in [5, 5.41) is 0. The molecular weight excluding hydrogens is 362 g/mol. The van der Waals surface area contributed by atoms with Crippen molar-refractivity contribution < 1.29 is 26.4 Å². The summed E-state index contributed by atoms with van der Waals surface area (Å²) < 4.78 is 8.39. The molecule has 0 atom stereocenters. The van der Waals surface area contributed by atoms with Crippen LogP contribution in [-0.2, 0) is 0 Å². The summed E-state index contributed by atoms with van der Waals surface area (Å²) >= 11 is 0. The van der Waals surface area contributed by atoms with E-state index in [1.165, 1.54) is 0 Å². The number of rotatable bonds is 5. The van der Waals surface area contributed by atoms with Gasteiger partial charge in [0.05, 0.1) is 26.7 Å². The number of piperazine rings is 3. The molecule has 3 fully saturated rings. The number of ether oxygens (including phenoxy) is 1. The molecule has 1 aromatic heterocycles. The molecule has 0 spiro atoms. The first-order valence-corrected chi connectivity index (χ1v) is 9.45. The fourth-order valence-electron chi connectivity index (χ4n) is 4.53. The van der Waals surface area contributed by atoms with Crippen molar-refractivity contribution in [1.29, 1.82) is 0 Å². The lowest BCUT2D eigenvalue weighted by atomic mass is 10.1. The Balaban J connectivity index is 0.00000210. The molecule has 2 bridgehead atoms. The monoisotopic (exact) mass is 389 g/mol. The number of methoxy groups -OCH3 is 1. The Morgan fingerprint density at radius 1 is 1.07 bits per heavy atom. The molecule has 1 aromatic carbocycles. The van der Waals surface area contributed by atoms with Gasteiger partial charge in [-0.2, -0.15) is 0 Å². The van der Waals surface area contributed by atoms with E-state index in [0.717, 1.165) is 72.1 Å². The van der Waals surface area contributed by atoms with E-state index in [-0.39, 0.29) is 18.2 Å². The van der Waals surface area contributed by atoms with Crippen LogP contribution in [0.2, 0.25) is 0 Å². The lowest BCUT2D eigenvalue weighted by molar-refractivity contribution is -0.933. The summed E-state index contributed by atoms with van der Waals surface area (Å²) in [5.74, 6) is 1.13. The van der Waals surface area contributed by atoms with Gasteiger partial charge in [-0.25, -0.2) is 0 Å². The highest BCUT2D eigenvalue weighted by Gasteiger charge is 2.40. The molecule has 0 N–H and O–H groups in total. The number of fused-ring (bicyclic) bond motifs is 3. The summed E-state index contributed by atoms with van der Waals surface area (Å²) in [6, 6.07) is 10.1. The van der Waals surface area contributed by atoms with E-state index >= 15 is 0 Å². The van der Waals surface area contributed by atoms with E-state index < -0.39 is 0 Å². The van der Waals surface area contributed by atoms with Crippen LogP contribution in [0.3, 0.4) is 0 Å². The lowest BCUT2D eigenvalue weighted by Crippen LogP contribution is -3.00. The summed E-state index contributed by atoms with van der Waals surface area (Å²) in [7, 11) is 1.67. The number of halogens is 1. The summed E-state index contributed by atoms with van der Waals surface area (Å²) in [5.41, 5.74) is 4.07. The largest absolute Gasteiger partial charge is 1.00 e. The van der Waals surface area contributed by atoms with E-state index in [4.69, 9.17) is 4.74 Å². The maximum Gasteiger partial charge on any atom is 0.218 e. The molecule has 2 aromatic rings. The number of carbonyl (C=O) groups excluding carboxylic acids is 1. The first-order chi connectivity index (χ1) is 12.5. The highest BCUT2D eigenvalue weighted by atomic mass is 35.5. The molecule has 5 nitrogen and oxygen atoms in total. The molecule has 146 valence electrons. The first kappa shape index (κ1) is 19.9.